The van der Waals surface area contributed by atoms with Crippen LogP contribution in [0.2, 0.25) is 10.0 Å². The molecule has 2 aromatic carbocycles. The van der Waals surface area contributed by atoms with Crippen molar-refractivity contribution in [2.75, 3.05) is 26.6 Å². The summed E-state index contributed by atoms with van der Waals surface area (Å²) in [5, 5.41) is 4.93. The number of methoxy groups -OCH3 is 3. The van der Waals surface area contributed by atoms with Gasteiger partial charge in [0, 0.05) is 10.9 Å². The first-order chi connectivity index (χ1) is 13.1. The van der Waals surface area contributed by atoms with Crippen molar-refractivity contribution in [1.82, 2.24) is 0 Å². The van der Waals surface area contributed by atoms with Gasteiger partial charge >= 0.3 is 0 Å². The number of allylic oxidation sites excluding steroid dienone is 2. The summed E-state index contributed by atoms with van der Waals surface area (Å²) in [7, 11) is 4.86. The molecular weight excluding hydrogens is 385 g/mol. The van der Waals surface area contributed by atoms with E-state index in [-0.39, 0.29) is 12.0 Å². The fraction of sp³-hybridized carbons (Fsp3) is 0.333. The molecule has 0 fully saturated rings. The highest BCUT2D eigenvalue weighted by Crippen LogP contribution is 2.53. The van der Waals surface area contributed by atoms with Gasteiger partial charge in [0.1, 0.15) is 0 Å². The van der Waals surface area contributed by atoms with E-state index in [1.807, 2.05) is 18.2 Å². The van der Waals surface area contributed by atoms with Gasteiger partial charge in [-0.15, -0.1) is 0 Å². The van der Waals surface area contributed by atoms with E-state index in [1.165, 1.54) is 0 Å². The standard InChI is InChI=1S/C21H21Cl2NO3/c1-25-17-7-11(8-18(26-2)21(17)27-3)19-14-6-4-5-13(14)15-9-12(22)10-16(23)20(15)24-19/h4-5,7-10,13-14,19,24H,6H2,1-3H3/t13-,14+,19+/m0/s1. The second-order valence-electron chi connectivity index (χ2n) is 6.79. The van der Waals surface area contributed by atoms with Crippen LogP contribution in [0.3, 0.4) is 0 Å². The molecule has 1 aliphatic heterocycles. The molecule has 0 unspecified atom stereocenters. The minimum Gasteiger partial charge on any atom is -0.493 e. The molecule has 3 atom stereocenters. The number of halogens is 2. The first-order valence-corrected chi connectivity index (χ1v) is 9.55. The maximum atomic E-state index is 6.51. The topological polar surface area (TPSA) is 39.7 Å². The van der Waals surface area contributed by atoms with Crippen LogP contribution < -0.4 is 19.5 Å². The van der Waals surface area contributed by atoms with Gasteiger partial charge in [0.2, 0.25) is 5.75 Å². The molecule has 0 bridgehead atoms. The van der Waals surface area contributed by atoms with Crippen LogP contribution in [0.1, 0.15) is 29.5 Å². The molecule has 27 heavy (non-hydrogen) atoms. The summed E-state index contributed by atoms with van der Waals surface area (Å²) in [5.74, 6) is 2.50. The fourth-order valence-electron chi connectivity index (χ4n) is 4.23. The number of rotatable bonds is 4. The second kappa shape index (κ2) is 7.17. The lowest BCUT2D eigenvalue weighted by Gasteiger charge is -2.38. The average Bonchev–Trinajstić information content (AvgIpc) is 3.16. The van der Waals surface area contributed by atoms with Gasteiger partial charge in [0.25, 0.3) is 0 Å². The fourth-order valence-corrected chi connectivity index (χ4v) is 4.80. The van der Waals surface area contributed by atoms with Crippen molar-refractivity contribution >= 4 is 28.9 Å². The second-order valence-corrected chi connectivity index (χ2v) is 7.63. The lowest BCUT2D eigenvalue weighted by molar-refractivity contribution is 0.322. The minimum atomic E-state index is 0.0601. The van der Waals surface area contributed by atoms with Gasteiger partial charge in [-0.2, -0.15) is 0 Å². The van der Waals surface area contributed by atoms with Crippen molar-refractivity contribution in [2.24, 2.45) is 5.92 Å². The van der Waals surface area contributed by atoms with E-state index < -0.39 is 0 Å². The van der Waals surface area contributed by atoms with E-state index in [1.54, 1.807) is 27.4 Å². The Hall–Kier alpha value is -2.04. The third kappa shape index (κ3) is 3.01. The van der Waals surface area contributed by atoms with Crippen LogP contribution in [0.4, 0.5) is 5.69 Å². The summed E-state index contributed by atoms with van der Waals surface area (Å²) in [6.07, 6.45) is 5.45. The monoisotopic (exact) mass is 405 g/mol. The van der Waals surface area contributed by atoms with E-state index in [2.05, 4.69) is 17.5 Å². The zero-order valence-electron chi connectivity index (χ0n) is 15.4. The molecule has 142 valence electrons. The van der Waals surface area contributed by atoms with Gasteiger partial charge in [-0.3, -0.25) is 0 Å². The Morgan fingerprint density at radius 1 is 0.963 bits per heavy atom. The van der Waals surface area contributed by atoms with Crippen LogP contribution in [-0.4, -0.2) is 21.3 Å². The van der Waals surface area contributed by atoms with Crippen molar-refractivity contribution in [3.63, 3.8) is 0 Å². The van der Waals surface area contributed by atoms with Crippen LogP contribution in [0.15, 0.2) is 36.4 Å². The molecule has 1 heterocycles. The smallest absolute Gasteiger partial charge is 0.203 e. The average molecular weight is 406 g/mol. The maximum absolute atomic E-state index is 6.51. The van der Waals surface area contributed by atoms with Crippen LogP contribution in [0.5, 0.6) is 17.2 Å². The summed E-state index contributed by atoms with van der Waals surface area (Å²) < 4.78 is 16.5. The molecule has 6 heteroatoms. The predicted molar refractivity (Wildman–Crippen MR) is 109 cm³/mol. The Bertz CT molecular complexity index is 888. The molecule has 0 aromatic heterocycles. The van der Waals surface area contributed by atoms with E-state index in [9.17, 15) is 0 Å². The highest BCUT2D eigenvalue weighted by molar-refractivity contribution is 6.36. The normalized spacial score (nSPS) is 22.6. The van der Waals surface area contributed by atoms with Crippen LogP contribution in [-0.2, 0) is 0 Å². The highest BCUT2D eigenvalue weighted by atomic mass is 35.5. The number of hydrogen-bond donors (Lipinski definition) is 1. The van der Waals surface area contributed by atoms with Crippen molar-refractivity contribution in [3.8, 4) is 17.2 Å². The quantitative estimate of drug-likeness (QED) is 0.647. The highest BCUT2D eigenvalue weighted by Gasteiger charge is 2.39. The van der Waals surface area contributed by atoms with E-state index in [0.717, 1.165) is 23.2 Å². The van der Waals surface area contributed by atoms with Crippen molar-refractivity contribution in [2.45, 2.75) is 18.4 Å². The Morgan fingerprint density at radius 3 is 2.30 bits per heavy atom. The summed E-state index contributed by atoms with van der Waals surface area (Å²) in [4.78, 5) is 0. The zero-order chi connectivity index (χ0) is 19.1. The lowest BCUT2D eigenvalue weighted by atomic mass is 9.77. The first kappa shape index (κ1) is 18.3. The largest absolute Gasteiger partial charge is 0.493 e. The first-order valence-electron chi connectivity index (χ1n) is 8.79. The third-order valence-electron chi connectivity index (χ3n) is 5.43. The van der Waals surface area contributed by atoms with Gasteiger partial charge in [-0.1, -0.05) is 35.4 Å². The van der Waals surface area contributed by atoms with Crippen molar-refractivity contribution in [3.05, 3.63) is 57.6 Å². The molecule has 0 amide bonds. The number of nitrogens with one attached hydrogen (secondary N) is 1. The predicted octanol–water partition coefficient (Wildman–Crippen LogP) is 5.85. The molecule has 0 radical (unpaired) electrons. The lowest BCUT2D eigenvalue weighted by Crippen LogP contribution is -2.29. The Balaban J connectivity index is 1.83. The van der Waals surface area contributed by atoms with E-state index in [4.69, 9.17) is 37.4 Å². The number of fused-ring (bicyclic) bond motifs is 3. The van der Waals surface area contributed by atoms with Crippen LogP contribution in [0.25, 0.3) is 0 Å². The number of benzene rings is 2. The summed E-state index contributed by atoms with van der Waals surface area (Å²) >= 11 is 12.8. The summed E-state index contributed by atoms with van der Waals surface area (Å²) in [5.41, 5.74) is 3.16. The molecule has 2 aromatic rings. The Kier molecular flexibility index (Phi) is 4.87. The molecule has 0 saturated heterocycles. The van der Waals surface area contributed by atoms with Crippen LogP contribution >= 0.6 is 23.2 Å². The van der Waals surface area contributed by atoms with Crippen LogP contribution in [0, 0.1) is 5.92 Å². The van der Waals surface area contributed by atoms with Gasteiger partial charge in [-0.25, -0.2) is 0 Å². The van der Waals surface area contributed by atoms with Gasteiger partial charge in [0.05, 0.1) is 38.1 Å². The molecule has 1 aliphatic carbocycles. The molecule has 0 spiro atoms. The molecule has 1 N–H and O–H groups in total. The molecule has 4 rings (SSSR count). The van der Waals surface area contributed by atoms with Crippen molar-refractivity contribution < 1.29 is 14.2 Å². The van der Waals surface area contributed by atoms with E-state index in [0.29, 0.717) is 33.2 Å². The molecule has 0 saturated carbocycles. The van der Waals surface area contributed by atoms with Crippen molar-refractivity contribution in [1.29, 1.82) is 0 Å². The van der Waals surface area contributed by atoms with Gasteiger partial charge < -0.3 is 19.5 Å². The number of anilines is 1. The molecule has 2 aliphatic rings. The zero-order valence-corrected chi connectivity index (χ0v) is 16.9. The van der Waals surface area contributed by atoms with E-state index >= 15 is 0 Å². The number of hydrogen-bond acceptors (Lipinski definition) is 4. The van der Waals surface area contributed by atoms with Gasteiger partial charge in [0.15, 0.2) is 11.5 Å². The Labute approximate surface area is 169 Å². The summed E-state index contributed by atoms with van der Waals surface area (Å²) in [6, 6.07) is 7.85. The number of ether oxygens (including phenoxy) is 3. The molecule has 4 nitrogen and oxygen atoms in total. The maximum Gasteiger partial charge on any atom is 0.203 e. The SMILES string of the molecule is COc1cc([C@H]2Nc3c(Cl)cc(Cl)cc3[C@H]3C=CC[C@H]32)cc(OC)c1OC. The summed E-state index contributed by atoms with van der Waals surface area (Å²) in [6.45, 7) is 0. The minimum absolute atomic E-state index is 0.0601. The Morgan fingerprint density at radius 2 is 1.67 bits per heavy atom. The third-order valence-corrected chi connectivity index (χ3v) is 5.95. The van der Waals surface area contributed by atoms with Gasteiger partial charge in [-0.05, 0) is 47.7 Å². The molecular formula is C21H21Cl2NO3.